The van der Waals surface area contributed by atoms with Crippen LogP contribution in [0.25, 0.3) is 0 Å². The van der Waals surface area contributed by atoms with Crippen molar-refractivity contribution in [3.8, 4) is 0 Å². The first-order valence-corrected chi connectivity index (χ1v) is 6.22. The molecule has 1 unspecified atom stereocenters. The highest BCUT2D eigenvalue weighted by Crippen LogP contribution is 2.29. The fourth-order valence-electron chi connectivity index (χ4n) is 2.40. The highest BCUT2D eigenvalue weighted by Gasteiger charge is 2.30. The van der Waals surface area contributed by atoms with Crippen molar-refractivity contribution < 1.29 is 9.90 Å². The van der Waals surface area contributed by atoms with E-state index < -0.39 is 0 Å². The lowest BCUT2D eigenvalue weighted by atomic mass is 10.1. The molecule has 98 valence electrons. The third-order valence-corrected chi connectivity index (χ3v) is 3.45. The average Bonchev–Trinajstić information content (AvgIpc) is 2.71. The summed E-state index contributed by atoms with van der Waals surface area (Å²) in [5.41, 5.74) is 3.23. The van der Waals surface area contributed by atoms with E-state index in [2.05, 4.69) is 6.92 Å². The first-order chi connectivity index (χ1) is 8.52. The zero-order valence-electron chi connectivity index (χ0n) is 11.2. The Morgan fingerprint density at radius 3 is 2.72 bits per heavy atom. The van der Waals surface area contributed by atoms with Crippen LogP contribution in [-0.4, -0.2) is 38.3 Å². The normalized spacial score (nSPS) is 19.4. The van der Waals surface area contributed by atoms with E-state index in [1.54, 1.807) is 4.90 Å². The van der Waals surface area contributed by atoms with Gasteiger partial charge in [-0.2, -0.15) is 0 Å². The lowest BCUT2D eigenvalue weighted by Crippen LogP contribution is -2.25. The van der Waals surface area contributed by atoms with Crippen molar-refractivity contribution in [1.82, 2.24) is 0 Å². The van der Waals surface area contributed by atoms with Gasteiger partial charge in [-0.05, 0) is 24.6 Å². The number of benzene rings is 1. The van der Waals surface area contributed by atoms with Crippen LogP contribution >= 0.6 is 0 Å². The van der Waals surface area contributed by atoms with Crippen molar-refractivity contribution >= 4 is 17.3 Å². The van der Waals surface area contributed by atoms with Gasteiger partial charge in [0.05, 0.1) is 0 Å². The van der Waals surface area contributed by atoms with Crippen LogP contribution in [0.4, 0.5) is 11.4 Å². The van der Waals surface area contributed by atoms with Gasteiger partial charge in [0, 0.05) is 51.0 Å². The maximum absolute atomic E-state index is 11.9. The number of aryl methyl sites for hydroxylation is 1. The number of anilines is 2. The molecule has 4 nitrogen and oxygen atoms in total. The summed E-state index contributed by atoms with van der Waals surface area (Å²) in [6, 6.07) is 6.04. The van der Waals surface area contributed by atoms with Crippen molar-refractivity contribution in [1.29, 1.82) is 0 Å². The van der Waals surface area contributed by atoms with Gasteiger partial charge in [0.15, 0.2) is 0 Å². The second-order valence-electron chi connectivity index (χ2n) is 5.12. The molecule has 0 aliphatic carbocycles. The lowest BCUT2D eigenvalue weighted by Gasteiger charge is -2.21. The summed E-state index contributed by atoms with van der Waals surface area (Å²) in [5.74, 6) is 0.171. The van der Waals surface area contributed by atoms with E-state index in [1.165, 1.54) is 5.56 Å². The molecule has 1 saturated heterocycles. The van der Waals surface area contributed by atoms with E-state index in [-0.39, 0.29) is 18.4 Å². The Morgan fingerprint density at radius 2 is 2.17 bits per heavy atom. The van der Waals surface area contributed by atoms with Crippen molar-refractivity contribution in [3.05, 3.63) is 23.8 Å². The van der Waals surface area contributed by atoms with Crippen molar-refractivity contribution in [3.63, 3.8) is 0 Å². The molecule has 1 aliphatic rings. The van der Waals surface area contributed by atoms with Crippen LogP contribution in [0.3, 0.4) is 0 Å². The van der Waals surface area contributed by atoms with E-state index in [0.29, 0.717) is 13.0 Å². The smallest absolute Gasteiger partial charge is 0.227 e. The monoisotopic (exact) mass is 248 g/mol. The molecule has 1 atom stereocenters. The molecule has 2 rings (SSSR count). The van der Waals surface area contributed by atoms with Gasteiger partial charge < -0.3 is 14.9 Å². The Bertz CT molecular complexity index is 457. The van der Waals surface area contributed by atoms with E-state index >= 15 is 0 Å². The average molecular weight is 248 g/mol. The summed E-state index contributed by atoms with van der Waals surface area (Å²) in [7, 11) is 3.99. The quantitative estimate of drug-likeness (QED) is 0.879. The third-order valence-electron chi connectivity index (χ3n) is 3.45. The van der Waals surface area contributed by atoms with Gasteiger partial charge in [-0.15, -0.1) is 0 Å². The summed E-state index contributed by atoms with van der Waals surface area (Å²) in [4.78, 5) is 15.7. The molecule has 1 heterocycles. The van der Waals surface area contributed by atoms with Crippen molar-refractivity contribution in [2.45, 2.75) is 13.3 Å². The Labute approximate surface area is 108 Å². The Morgan fingerprint density at radius 1 is 1.44 bits per heavy atom. The molecule has 0 bridgehead atoms. The minimum Gasteiger partial charge on any atom is -0.396 e. The molecule has 1 aromatic carbocycles. The van der Waals surface area contributed by atoms with Gasteiger partial charge in [0.1, 0.15) is 0 Å². The molecule has 0 radical (unpaired) electrons. The van der Waals surface area contributed by atoms with Crippen molar-refractivity contribution in [2.75, 3.05) is 37.0 Å². The number of aliphatic hydroxyl groups excluding tert-OH is 1. The maximum atomic E-state index is 11.9. The first kappa shape index (κ1) is 12.9. The number of rotatable bonds is 3. The predicted molar refractivity (Wildman–Crippen MR) is 73.1 cm³/mol. The second-order valence-corrected chi connectivity index (χ2v) is 5.12. The summed E-state index contributed by atoms with van der Waals surface area (Å²) >= 11 is 0. The van der Waals surface area contributed by atoms with E-state index in [9.17, 15) is 4.79 Å². The van der Waals surface area contributed by atoms with Gasteiger partial charge in [-0.3, -0.25) is 4.79 Å². The van der Waals surface area contributed by atoms with Crippen LogP contribution in [-0.2, 0) is 4.79 Å². The second kappa shape index (κ2) is 4.98. The van der Waals surface area contributed by atoms with E-state index in [4.69, 9.17) is 5.11 Å². The van der Waals surface area contributed by atoms with Crippen LogP contribution < -0.4 is 9.80 Å². The fourth-order valence-corrected chi connectivity index (χ4v) is 2.40. The summed E-state index contributed by atoms with van der Waals surface area (Å²) in [6.07, 6.45) is 0.446. The maximum Gasteiger partial charge on any atom is 0.227 e. The van der Waals surface area contributed by atoms with Gasteiger partial charge >= 0.3 is 0 Å². The summed E-state index contributed by atoms with van der Waals surface area (Å²) in [6.45, 7) is 2.75. The van der Waals surface area contributed by atoms with Crippen LogP contribution in [0.1, 0.15) is 12.0 Å². The molecule has 1 aliphatic heterocycles. The molecule has 0 saturated carbocycles. The molecular weight excluding hydrogens is 228 g/mol. The number of hydrogen-bond acceptors (Lipinski definition) is 3. The molecule has 0 spiro atoms. The van der Waals surface area contributed by atoms with E-state index in [0.717, 1.165) is 11.4 Å². The number of aliphatic hydroxyl groups is 1. The Hall–Kier alpha value is -1.55. The standard InChI is InChI=1S/C14H20N2O2/c1-10-4-5-12(7-13(10)15(2)3)16-8-11(9-17)6-14(16)18/h4-5,7,11,17H,6,8-9H2,1-3H3. The van der Waals surface area contributed by atoms with Crippen molar-refractivity contribution in [2.24, 2.45) is 5.92 Å². The minimum atomic E-state index is 0.0709. The molecule has 4 heteroatoms. The van der Waals surface area contributed by atoms with Gasteiger partial charge in [0.2, 0.25) is 5.91 Å². The number of carbonyl (C=O) groups is 1. The molecule has 18 heavy (non-hydrogen) atoms. The number of carbonyl (C=O) groups excluding carboxylic acids is 1. The molecule has 1 amide bonds. The highest BCUT2D eigenvalue weighted by molar-refractivity contribution is 5.96. The Kier molecular flexibility index (Phi) is 3.57. The van der Waals surface area contributed by atoms with Crippen LogP contribution in [0.5, 0.6) is 0 Å². The molecule has 1 fully saturated rings. The highest BCUT2D eigenvalue weighted by atomic mass is 16.3. The largest absolute Gasteiger partial charge is 0.396 e. The zero-order chi connectivity index (χ0) is 13.3. The lowest BCUT2D eigenvalue weighted by molar-refractivity contribution is -0.117. The van der Waals surface area contributed by atoms with Gasteiger partial charge in [-0.25, -0.2) is 0 Å². The Balaban J connectivity index is 2.29. The van der Waals surface area contributed by atoms with E-state index in [1.807, 2.05) is 37.2 Å². The topological polar surface area (TPSA) is 43.8 Å². The van der Waals surface area contributed by atoms with Crippen LogP contribution in [0.15, 0.2) is 18.2 Å². The molecule has 1 N–H and O–H groups in total. The van der Waals surface area contributed by atoms with Crippen LogP contribution in [0, 0.1) is 12.8 Å². The summed E-state index contributed by atoms with van der Waals surface area (Å²) in [5, 5.41) is 9.15. The minimum absolute atomic E-state index is 0.0709. The summed E-state index contributed by atoms with van der Waals surface area (Å²) < 4.78 is 0. The fraction of sp³-hybridized carbons (Fsp3) is 0.500. The molecule has 1 aromatic rings. The molecule has 0 aromatic heterocycles. The zero-order valence-corrected chi connectivity index (χ0v) is 11.2. The first-order valence-electron chi connectivity index (χ1n) is 6.22. The van der Waals surface area contributed by atoms with Gasteiger partial charge in [-0.1, -0.05) is 6.07 Å². The number of hydrogen-bond donors (Lipinski definition) is 1. The molecular formula is C14H20N2O2. The predicted octanol–water partition coefficient (Wildman–Crippen LogP) is 1.41. The van der Waals surface area contributed by atoms with Crippen LogP contribution in [0.2, 0.25) is 0 Å². The number of amides is 1. The number of nitrogens with zero attached hydrogens (tertiary/aromatic N) is 2. The SMILES string of the molecule is Cc1ccc(N2CC(CO)CC2=O)cc1N(C)C. The van der Waals surface area contributed by atoms with Gasteiger partial charge in [0.25, 0.3) is 0 Å². The third kappa shape index (κ3) is 2.34.